The number of rotatable bonds is 9. The molecule has 26 heavy (non-hydrogen) atoms. The van der Waals surface area contributed by atoms with E-state index in [1.165, 1.54) is 5.56 Å². The molecule has 0 saturated heterocycles. The van der Waals surface area contributed by atoms with Crippen molar-refractivity contribution in [2.24, 2.45) is 0 Å². The summed E-state index contributed by atoms with van der Waals surface area (Å²) in [6.07, 6.45) is 0. The van der Waals surface area contributed by atoms with Gasteiger partial charge in [-0.25, -0.2) is 0 Å². The van der Waals surface area contributed by atoms with Crippen molar-refractivity contribution in [3.63, 3.8) is 0 Å². The van der Waals surface area contributed by atoms with Crippen molar-refractivity contribution in [1.82, 2.24) is 5.32 Å². The molecule has 0 atom stereocenters. The molecule has 0 aliphatic carbocycles. The van der Waals surface area contributed by atoms with Crippen molar-refractivity contribution in [2.45, 2.75) is 19.2 Å². The molecular weight excluding hydrogens is 350 g/mol. The third-order valence-corrected chi connectivity index (χ3v) is 4.81. The summed E-state index contributed by atoms with van der Waals surface area (Å²) in [4.78, 5) is 12.4. The lowest BCUT2D eigenvalue weighted by atomic mass is 10.1. The monoisotopic (exact) mass is 375 g/mol. The Bertz CT molecular complexity index is 706. The number of benzene rings is 2. The van der Waals surface area contributed by atoms with Crippen molar-refractivity contribution in [3.05, 3.63) is 53.1 Å². The molecule has 0 unspecified atom stereocenters. The first-order valence-electron chi connectivity index (χ1n) is 8.36. The maximum atomic E-state index is 12.4. The standard InChI is InChI=1S/C20H25NO4S/c1-5-26-13-14-6-8-16(9-7-14)20(22)21-12-15-10-17(23-2)19(25-4)18(11-15)24-3/h6-11H,5,12-13H2,1-4H3,(H,21,22). The highest BCUT2D eigenvalue weighted by Gasteiger charge is 2.14. The fourth-order valence-corrected chi connectivity index (χ4v) is 3.13. The van der Waals surface area contributed by atoms with Crippen LogP contribution in [-0.2, 0) is 12.3 Å². The topological polar surface area (TPSA) is 56.8 Å². The smallest absolute Gasteiger partial charge is 0.251 e. The van der Waals surface area contributed by atoms with Crippen LogP contribution in [0.1, 0.15) is 28.4 Å². The SMILES string of the molecule is CCSCc1ccc(C(=O)NCc2cc(OC)c(OC)c(OC)c2)cc1. The number of hydrogen-bond donors (Lipinski definition) is 1. The molecule has 0 aliphatic rings. The van der Waals surface area contributed by atoms with Crippen LogP contribution in [0.4, 0.5) is 0 Å². The van der Waals surface area contributed by atoms with E-state index in [1.54, 1.807) is 21.3 Å². The summed E-state index contributed by atoms with van der Waals surface area (Å²) in [6, 6.07) is 11.4. The first-order valence-corrected chi connectivity index (χ1v) is 9.52. The third kappa shape index (κ3) is 5.08. The van der Waals surface area contributed by atoms with Gasteiger partial charge < -0.3 is 19.5 Å². The van der Waals surface area contributed by atoms with Gasteiger partial charge in [0.1, 0.15) is 0 Å². The van der Waals surface area contributed by atoms with Crippen LogP contribution in [0.3, 0.4) is 0 Å². The highest BCUT2D eigenvalue weighted by molar-refractivity contribution is 7.98. The maximum Gasteiger partial charge on any atom is 0.251 e. The number of methoxy groups -OCH3 is 3. The van der Waals surface area contributed by atoms with Crippen molar-refractivity contribution in [1.29, 1.82) is 0 Å². The van der Waals surface area contributed by atoms with E-state index < -0.39 is 0 Å². The molecule has 0 aromatic heterocycles. The van der Waals surface area contributed by atoms with E-state index in [2.05, 4.69) is 12.2 Å². The predicted octanol–water partition coefficient (Wildman–Crippen LogP) is 3.90. The molecule has 0 bridgehead atoms. The minimum atomic E-state index is -0.117. The minimum Gasteiger partial charge on any atom is -0.493 e. The lowest BCUT2D eigenvalue weighted by molar-refractivity contribution is 0.0951. The van der Waals surface area contributed by atoms with Crippen LogP contribution < -0.4 is 19.5 Å². The van der Waals surface area contributed by atoms with E-state index in [9.17, 15) is 4.79 Å². The van der Waals surface area contributed by atoms with E-state index in [4.69, 9.17) is 14.2 Å². The van der Waals surface area contributed by atoms with Gasteiger partial charge in [0.05, 0.1) is 21.3 Å². The second-order valence-electron chi connectivity index (χ2n) is 5.55. The quantitative estimate of drug-likeness (QED) is 0.720. The normalized spacial score (nSPS) is 10.3. The van der Waals surface area contributed by atoms with Crippen molar-refractivity contribution in [2.75, 3.05) is 27.1 Å². The highest BCUT2D eigenvalue weighted by Crippen LogP contribution is 2.38. The first-order chi connectivity index (χ1) is 12.6. The lowest BCUT2D eigenvalue weighted by Crippen LogP contribution is -2.22. The van der Waals surface area contributed by atoms with E-state index in [0.29, 0.717) is 29.4 Å². The van der Waals surface area contributed by atoms with E-state index >= 15 is 0 Å². The zero-order chi connectivity index (χ0) is 18.9. The largest absolute Gasteiger partial charge is 0.493 e. The summed E-state index contributed by atoms with van der Waals surface area (Å²) in [6.45, 7) is 2.50. The van der Waals surface area contributed by atoms with E-state index in [1.807, 2.05) is 48.2 Å². The Morgan fingerprint density at radius 1 is 0.962 bits per heavy atom. The summed E-state index contributed by atoms with van der Waals surface area (Å²) in [5, 5.41) is 2.92. The summed E-state index contributed by atoms with van der Waals surface area (Å²) in [5.41, 5.74) is 2.73. The van der Waals surface area contributed by atoms with E-state index in [0.717, 1.165) is 17.1 Å². The van der Waals surface area contributed by atoms with Gasteiger partial charge in [-0.2, -0.15) is 11.8 Å². The Labute approximate surface area is 159 Å². The number of amides is 1. The molecule has 2 aromatic rings. The molecule has 0 spiro atoms. The molecule has 140 valence electrons. The summed E-state index contributed by atoms with van der Waals surface area (Å²) >= 11 is 1.86. The number of hydrogen-bond acceptors (Lipinski definition) is 5. The molecule has 0 saturated carbocycles. The Hall–Kier alpha value is -2.34. The van der Waals surface area contributed by atoms with Crippen LogP contribution in [-0.4, -0.2) is 33.0 Å². The molecule has 1 N–H and O–H groups in total. The number of ether oxygens (including phenoxy) is 3. The molecule has 0 heterocycles. The first kappa shape index (κ1) is 20.0. The molecule has 6 heteroatoms. The second kappa shape index (κ2) is 9.97. The molecular formula is C20H25NO4S. The van der Waals surface area contributed by atoms with Crippen molar-refractivity contribution >= 4 is 17.7 Å². The van der Waals surface area contributed by atoms with Gasteiger partial charge in [0.25, 0.3) is 5.91 Å². The molecule has 0 radical (unpaired) electrons. The van der Waals surface area contributed by atoms with Gasteiger partial charge in [-0.15, -0.1) is 0 Å². The molecule has 2 aromatic carbocycles. The Kier molecular flexibility index (Phi) is 7.66. The Balaban J connectivity index is 2.04. The van der Waals surface area contributed by atoms with Crippen LogP contribution in [0.5, 0.6) is 17.2 Å². The molecule has 1 amide bonds. The highest BCUT2D eigenvalue weighted by atomic mass is 32.2. The van der Waals surface area contributed by atoms with Crippen molar-refractivity contribution in [3.8, 4) is 17.2 Å². The van der Waals surface area contributed by atoms with Gasteiger partial charge in [-0.1, -0.05) is 19.1 Å². The fraction of sp³-hybridized carbons (Fsp3) is 0.350. The average Bonchev–Trinajstić information content (AvgIpc) is 2.69. The van der Waals surface area contributed by atoms with Gasteiger partial charge in [-0.3, -0.25) is 4.79 Å². The molecule has 0 aliphatic heterocycles. The fourth-order valence-electron chi connectivity index (χ4n) is 2.49. The summed E-state index contributed by atoms with van der Waals surface area (Å²) in [5.74, 6) is 3.59. The number of carbonyl (C=O) groups is 1. The van der Waals surface area contributed by atoms with Crippen LogP contribution in [0.25, 0.3) is 0 Å². The molecule has 5 nitrogen and oxygen atoms in total. The van der Waals surface area contributed by atoms with Crippen LogP contribution >= 0.6 is 11.8 Å². The minimum absolute atomic E-state index is 0.117. The summed E-state index contributed by atoms with van der Waals surface area (Å²) in [7, 11) is 4.70. The lowest BCUT2D eigenvalue weighted by Gasteiger charge is -2.14. The Morgan fingerprint density at radius 3 is 2.08 bits per heavy atom. The van der Waals surface area contributed by atoms with Gasteiger partial charge in [-0.05, 0) is 41.1 Å². The number of thioether (sulfide) groups is 1. The summed E-state index contributed by atoms with van der Waals surface area (Å²) < 4.78 is 16.0. The van der Waals surface area contributed by atoms with Gasteiger partial charge in [0.15, 0.2) is 11.5 Å². The van der Waals surface area contributed by atoms with Crippen LogP contribution in [0.2, 0.25) is 0 Å². The maximum absolute atomic E-state index is 12.4. The zero-order valence-electron chi connectivity index (χ0n) is 15.6. The average molecular weight is 375 g/mol. The zero-order valence-corrected chi connectivity index (χ0v) is 16.4. The van der Waals surface area contributed by atoms with Gasteiger partial charge in [0.2, 0.25) is 5.75 Å². The Morgan fingerprint density at radius 2 is 1.58 bits per heavy atom. The third-order valence-electron chi connectivity index (χ3n) is 3.87. The van der Waals surface area contributed by atoms with E-state index in [-0.39, 0.29) is 5.91 Å². The number of carbonyl (C=O) groups excluding carboxylic acids is 1. The molecule has 0 fully saturated rings. The van der Waals surface area contributed by atoms with Gasteiger partial charge in [0, 0.05) is 17.9 Å². The van der Waals surface area contributed by atoms with Crippen LogP contribution in [0, 0.1) is 0 Å². The predicted molar refractivity (Wildman–Crippen MR) is 106 cm³/mol. The van der Waals surface area contributed by atoms with Gasteiger partial charge >= 0.3 is 0 Å². The van der Waals surface area contributed by atoms with Crippen LogP contribution in [0.15, 0.2) is 36.4 Å². The number of nitrogens with one attached hydrogen (secondary N) is 1. The second-order valence-corrected chi connectivity index (χ2v) is 6.82. The molecule has 2 rings (SSSR count). The van der Waals surface area contributed by atoms with Crippen molar-refractivity contribution < 1.29 is 19.0 Å².